The van der Waals surface area contributed by atoms with Crippen LogP contribution in [0.15, 0.2) is 21.6 Å². The standard InChI is InChI=1S/C8H7N3O2S/c1-4-5(3-9-13-4)6-2-7(12)11-8(14)10-6/h2-3H,1H3,(H2,10,11,12,14). The van der Waals surface area contributed by atoms with E-state index < -0.39 is 0 Å². The minimum Gasteiger partial charge on any atom is -0.361 e. The first-order valence-electron chi connectivity index (χ1n) is 3.92. The Kier molecular flexibility index (Phi) is 2.05. The summed E-state index contributed by atoms with van der Waals surface area (Å²) < 4.78 is 5.17. The first-order valence-corrected chi connectivity index (χ1v) is 4.33. The molecular weight excluding hydrogens is 202 g/mol. The number of hydrogen-bond donors (Lipinski definition) is 2. The van der Waals surface area contributed by atoms with Crippen molar-refractivity contribution in [2.75, 3.05) is 0 Å². The van der Waals surface area contributed by atoms with E-state index in [1.165, 1.54) is 12.3 Å². The molecule has 0 aliphatic carbocycles. The molecule has 0 fully saturated rings. The molecule has 2 N–H and O–H groups in total. The lowest BCUT2D eigenvalue weighted by Crippen LogP contribution is -2.06. The summed E-state index contributed by atoms with van der Waals surface area (Å²) in [6.07, 6.45) is 1.54. The number of aromatic amines is 2. The van der Waals surface area contributed by atoms with Crippen molar-refractivity contribution in [2.24, 2.45) is 0 Å². The Labute approximate surface area is 83.8 Å². The molecule has 0 aromatic carbocycles. The minimum absolute atomic E-state index is 0.246. The van der Waals surface area contributed by atoms with E-state index in [1.807, 2.05) is 0 Å². The number of aromatic nitrogens is 3. The highest BCUT2D eigenvalue weighted by atomic mass is 32.1. The molecule has 72 valence electrons. The molecule has 0 amide bonds. The van der Waals surface area contributed by atoms with E-state index in [0.29, 0.717) is 11.5 Å². The molecule has 6 heteroatoms. The van der Waals surface area contributed by atoms with Crippen LogP contribution in [-0.4, -0.2) is 15.1 Å². The van der Waals surface area contributed by atoms with E-state index >= 15 is 0 Å². The second-order valence-corrected chi connectivity index (χ2v) is 3.21. The number of H-pyrrole nitrogens is 2. The molecule has 0 aliphatic heterocycles. The van der Waals surface area contributed by atoms with E-state index in [1.54, 1.807) is 6.92 Å². The quantitative estimate of drug-likeness (QED) is 0.696. The molecule has 2 rings (SSSR count). The van der Waals surface area contributed by atoms with Gasteiger partial charge in [-0.1, -0.05) is 5.16 Å². The van der Waals surface area contributed by atoms with Crippen molar-refractivity contribution in [3.8, 4) is 11.3 Å². The molecule has 0 saturated heterocycles. The fourth-order valence-corrected chi connectivity index (χ4v) is 1.38. The number of nitrogens with one attached hydrogen (secondary N) is 2. The van der Waals surface area contributed by atoms with Gasteiger partial charge in [-0.3, -0.25) is 9.78 Å². The average molecular weight is 209 g/mol. The van der Waals surface area contributed by atoms with Crippen LogP contribution in [0.3, 0.4) is 0 Å². The van der Waals surface area contributed by atoms with Crippen LogP contribution >= 0.6 is 12.2 Å². The lowest BCUT2D eigenvalue weighted by Gasteiger charge is -1.96. The molecule has 14 heavy (non-hydrogen) atoms. The molecule has 0 aliphatic rings. The van der Waals surface area contributed by atoms with Gasteiger partial charge < -0.3 is 9.51 Å². The predicted octanol–water partition coefficient (Wildman–Crippen LogP) is 1.40. The zero-order valence-corrected chi connectivity index (χ0v) is 8.14. The molecular formula is C8H7N3O2S. The van der Waals surface area contributed by atoms with Gasteiger partial charge in [0.05, 0.1) is 17.5 Å². The molecule has 2 aromatic heterocycles. The summed E-state index contributed by atoms with van der Waals surface area (Å²) in [6.45, 7) is 1.76. The van der Waals surface area contributed by atoms with Crippen LogP contribution in [0.1, 0.15) is 5.76 Å². The van der Waals surface area contributed by atoms with E-state index in [4.69, 9.17) is 16.7 Å². The largest absolute Gasteiger partial charge is 0.361 e. The highest BCUT2D eigenvalue weighted by Gasteiger charge is 2.06. The zero-order valence-electron chi connectivity index (χ0n) is 7.33. The minimum atomic E-state index is -0.246. The van der Waals surface area contributed by atoms with Crippen LogP contribution in [0.25, 0.3) is 11.3 Å². The third kappa shape index (κ3) is 1.51. The monoisotopic (exact) mass is 209 g/mol. The van der Waals surface area contributed by atoms with E-state index in [-0.39, 0.29) is 10.3 Å². The van der Waals surface area contributed by atoms with Crippen LogP contribution in [0, 0.1) is 11.7 Å². The maximum atomic E-state index is 11.1. The van der Waals surface area contributed by atoms with Gasteiger partial charge in [0, 0.05) is 6.07 Å². The number of rotatable bonds is 1. The van der Waals surface area contributed by atoms with Gasteiger partial charge in [-0.2, -0.15) is 0 Å². The van der Waals surface area contributed by atoms with Crippen LogP contribution in [0.2, 0.25) is 0 Å². The summed E-state index contributed by atoms with van der Waals surface area (Å²) in [6, 6.07) is 1.41. The third-order valence-electron chi connectivity index (χ3n) is 1.80. The van der Waals surface area contributed by atoms with Gasteiger partial charge >= 0.3 is 0 Å². The van der Waals surface area contributed by atoms with Gasteiger partial charge in [-0.15, -0.1) is 0 Å². The second-order valence-electron chi connectivity index (χ2n) is 2.80. The highest BCUT2D eigenvalue weighted by Crippen LogP contribution is 2.18. The zero-order chi connectivity index (χ0) is 10.1. The molecule has 0 bridgehead atoms. The first kappa shape index (κ1) is 8.89. The number of hydrogen-bond acceptors (Lipinski definition) is 4. The lowest BCUT2D eigenvalue weighted by molar-refractivity contribution is 0.398. The van der Waals surface area contributed by atoms with Gasteiger partial charge in [0.25, 0.3) is 5.56 Å². The van der Waals surface area contributed by atoms with Crippen molar-refractivity contribution >= 4 is 12.2 Å². The fraction of sp³-hybridized carbons (Fsp3) is 0.125. The number of aryl methyl sites for hydroxylation is 1. The van der Waals surface area contributed by atoms with Crippen LogP contribution < -0.4 is 5.56 Å². The summed E-state index contributed by atoms with van der Waals surface area (Å²) >= 11 is 4.84. The molecule has 0 unspecified atom stereocenters. The van der Waals surface area contributed by atoms with Crippen LogP contribution in [-0.2, 0) is 0 Å². The van der Waals surface area contributed by atoms with E-state index in [2.05, 4.69) is 15.1 Å². The topological polar surface area (TPSA) is 74.7 Å². The molecule has 2 aromatic rings. The summed E-state index contributed by atoms with van der Waals surface area (Å²) in [5, 5.41) is 3.62. The van der Waals surface area contributed by atoms with E-state index in [9.17, 15) is 4.79 Å². The normalized spacial score (nSPS) is 10.4. The third-order valence-corrected chi connectivity index (χ3v) is 2.01. The average Bonchev–Trinajstić information content (AvgIpc) is 2.49. The molecule has 0 radical (unpaired) electrons. The Bertz CT molecular complexity index is 538. The molecule has 0 spiro atoms. The summed E-state index contributed by atoms with van der Waals surface area (Å²) in [4.78, 5) is 16.4. The van der Waals surface area contributed by atoms with Gasteiger partial charge in [0.1, 0.15) is 5.76 Å². The smallest absolute Gasteiger partial charge is 0.252 e. The first-order chi connectivity index (χ1) is 6.66. The van der Waals surface area contributed by atoms with Crippen molar-refractivity contribution in [3.63, 3.8) is 0 Å². The molecule has 0 saturated carbocycles. The van der Waals surface area contributed by atoms with Gasteiger partial charge in [0.15, 0.2) is 4.77 Å². The Morgan fingerprint density at radius 2 is 2.29 bits per heavy atom. The van der Waals surface area contributed by atoms with Gasteiger partial charge in [0.2, 0.25) is 0 Å². The Morgan fingerprint density at radius 3 is 2.86 bits per heavy atom. The lowest BCUT2D eigenvalue weighted by atomic mass is 10.2. The highest BCUT2D eigenvalue weighted by molar-refractivity contribution is 7.71. The predicted molar refractivity (Wildman–Crippen MR) is 52.5 cm³/mol. The van der Waals surface area contributed by atoms with Gasteiger partial charge in [-0.05, 0) is 19.1 Å². The maximum absolute atomic E-state index is 11.1. The van der Waals surface area contributed by atoms with Crippen molar-refractivity contribution < 1.29 is 4.52 Å². The Balaban J connectivity index is 2.69. The summed E-state index contributed by atoms with van der Waals surface area (Å²) in [5.74, 6) is 0.640. The molecule has 0 atom stereocenters. The van der Waals surface area contributed by atoms with Crippen molar-refractivity contribution in [1.29, 1.82) is 0 Å². The van der Waals surface area contributed by atoms with Crippen LogP contribution in [0.5, 0.6) is 0 Å². The summed E-state index contributed by atoms with van der Waals surface area (Å²) in [7, 11) is 0. The Morgan fingerprint density at radius 1 is 1.50 bits per heavy atom. The van der Waals surface area contributed by atoms with Crippen molar-refractivity contribution in [3.05, 3.63) is 33.1 Å². The fourth-order valence-electron chi connectivity index (χ4n) is 1.17. The SMILES string of the molecule is Cc1oncc1-c1cc(=O)[nH]c(=S)[nH]1. The molecule has 5 nitrogen and oxygen atoms in total. The number of nitrogens with zero attached hydrogens (tertiary/aromatic N) is 1. The van der Waals surface area contributed by atoms with Crippen molar-refractivity contribution in [2.45, 2.75) is 6.92 Å². The second kappa shape index (κ2) is 3.22. The van der Waals surface area contributed by atoms with Crippen molar-refractivity contribution in [1.82, 2.24) is 15.1 Å². The van der Waals surface area contributed by atoms with Gasteiger partial charge in [-0.25, -0.2) is 0 Å². The van der Waals surface area contributed by atoms with E-state index in [0.717, 1.165) is 5.56 Å². The molecule has 2 heterocycles. The Hall–Kier alpha value is -1.69. The maximum Gasteiger partial charge on any atom is 0.252 e. The van der Waals surface area contributed by atoms with Crippen LogP contribution in [0.4, 0.5) is 0 Å². The summed E-state index contributed by atoms with van der Waals surface area (Å²) in [5.41, 5.74) is 1.10.